The van der Waals surface area contributed by atoms with Gasteiger partial charge in [-0.25, -0.2) is 0 Å². The van der Waals surface area contributed by atoms with E-state index in [2.05, 4.69) is 6.66 Å². The molecule has 1 unspecified atom stereocenters. The average Bonchev–Trinajstić information content (AvgIpc) is 1.35. The fourth-order valence-corrected chi connectivity index (χ4v) is 0. The van der Waals surface area contributed by atoms with Crippen molar-refractivity contribution in [2.45, 2.75) is 6.92 Å². The second-order valence-corrected chi connectivity index (χ2v) is 3.49. The first kappa shape index (κ1) is 6.19. The summed E-state index contributed by atoms with van der Waals surface area (Å²) in [6.07, 6.45) is 0.271. The molecular weight excluding hydrogens is 99.0 g/mol. The van der Waals surface area contributed by atoms with Crippen LogP contribution in [0.25, 0.3) is 0 Å². The minimum absolute atomic E-state index is 0.271. The summed E-state index contributed by atoms with van der Waals surface area (Å²) >= 11 is 0. The molecule has 0 spiro atoms. The normalized spacial score (nSPS) is 19.8. The maximum atomic E-state index is 10.0. The predicted octanol–water partition coefficient (Wildman–Crippen LogP) is 1.07. The van der Waals surface area contributed by atoms with Crippen LogP contribution in [0.5, 0.6) is 0 Å². The standard InChI is InChI=1S/C3H8O2P/c1-3-6(2,4)5/h2-3H2,1H3,(H,4,5). The minimum Gasteiger partial charge on any atom is -0.344 e. The van der Waals surface area contributed by atoms with Crippen LogP contribution < -0.4 is 0 Å². The van der Waals surface area contributed by atoms with E-state index in [4.69, 9.17) is 4.89 Å². The second kappa shape index (κ2) is 1.76. The molecule has 0 amide bonds. The van der Waals surface area contributed by atoms with Gasteiger partial charge in [0.2, 0.25) is 7.37 Å². The summed E-state index contributed by atoms with van der Waals surface area (Å²) in [6, 6.07) is 0. The lowest BCUT2D eigenvalue weighted by atomic mass is 11.0. The van der Waals surface area contributed by atoms with Gasteiger partial charge in [0.05, 0.1) is 0 Å². The summed E-state index contributed by atoms with van der Waals surface area (Å²) in [5.74, 6) is 0. The lowest BCUT2D eigenvalue weighted by Crippen LogP contribution is -1.72. The Morgan fingerprint density at radius 3 is 2.17 bits per heavy atom. The van der Waals surface area contributed by atoms with E-state index in [1.54, 1.807) is 6.92 Å². The average molecular weight is 107 g/mol. The largest absolute Gasteiger partial charge is 0.344 e. The van der Waals surface area contributed by atoms with E-state index in [9.17, 15) is 4.57 Å². The molecule has 37 valence electrons. The fourth-order valence-electron chi connectivity index (χ4n) is 0. The Balaban J connectivity index is 3.48. The molecular formula is C3H8O2P. The number of hydrogen-bond donors (Lipinski definition) is 1. The molecule has 1 atom stereocenters. The van der Waals surface area contributed by atoms with Crippen molar-refractivity contribution in [2.75, 3.05) is 6.16 Å². The van der Waals surface area contributed by atoms with Gasteiger partial charge < -0.3 is 4.89 Å². The van der Waals surface area contributed by atoms with Crippen molar-refractivity contribution in [1.29, 1.82) is 0 Å². The Kier molecular flexibility index (Phi) is 1.82. The highest BCUT2D eigenvalue weighted by Crippen LogP contribution is 2.36. The highest BCUT2D eigenvalue weighted by atomic mass is 31.2. The van der Waals surface area contributed by atoms with E-state index in [-0.39, 0.29) is 6.16 Å². The van der Waals surface area contributed by atoms with Crippen LogP contribution in [0.15, 0.2) is 0 Å². The lowest BCUT2D eigenvalue weighted by Gasteiger charge is -1.94. The molecule has 2 nitrogen and oxygen atoms in total. The third-order valence-electron chi connectivity index (χ3n) is 0.494. The fraction of sp³-hybridized carbons (Fsp3) is 0.667. The van der Waals surface area contributed by atoms with Crippen molar-refractivity contribution in [3.05, 3.63) is 6.66 Å². The Hall–Kier alpha value is 0.190. The van der Waals surface area contributed by atoms with E-state index in [0.717, 1.165) is 0 Å². The van der Waals surface area contributed by atoms with E-state index >= 15 is 0 Å². The van der Waals surface area contributed by atoms with Gasteiger partial charge in [-0.2, -0.15) is 0 Å². The first-order valence-corrected chi connectivity index (χ1v) is 3.75. The quantitative estimate of drug-likeness (QED) is 0.509. The van der Waals surface area contributed by atoms with Gasteiger partial charge in [-0.15, -0.1) is 0 Å². The van der Waals surface area contributed by atoms with Crippen LogP contribution in [0.1, 0.15) is 6.92 Å². The second-order valence-electron chi connectivity index (χ2n) is 1.16. The van der Waals surface area contributed by atoms with Crippen molar-refractivity contribution < 1.29 is 9.46 Å². The van der Waals surface area contributed by atoms with Crippen LogP contribution in [0, 0.1) is 6.66 Å². The monoisotopic (exact) mass is 107 g/mol. The van der Waals surface area contributed by atoms with Crippen LogP contribution >= 0.6 is 7.37 Å². The third kappa shape index (κ3) is 4.19. The SMILES string of the molecule is [CH2]P(=O)(O)CC. The highest BCUT2D eigenvalue weighted by molar-refractivity contribution is 7.59. The summed E-state index contributed by atoms with van der Waals surface area (Å²) < 4.78 is 10.0. The molecule has 0 saturated carbocycles. The van der Waals surface area contributed by atoms with Gasteiger partial charge in [-0.3, -0.25) is 4.57 Å². The number of rotatable bonds is 1. The Morgan fingerprint density at radius 1 is 2.00 bits per heavy atom. The minimum atomic E-state index is -2.90. The van der Waals surface area contributed by atoms with Gasteiger partial charge in [0.15, 0.2) is 0 Å². The molecule has 0 aromatic heterocycles. The van der Waals surface area contributed by atoms with Gasteiger partial charge in [-0.1, -0.05) is 6.92 Å². The molecule has 0 saturated heterocycles. The molecule has 0 aromatic carbocycles. The molecule has 0 fully saturated rings. The highest BCUT2D eigenvalue weighted by Gasteiger charge is 2.01. The summed E-state index contributed by atoms with van der Waals surface area (Å²) in [4.78, 5) is 8.27. The van der Waals surface area contributed by atoms with Crippen molar-refractivity contribution in [3.8, 4) is 0 Å². The Labute approximate surface area is 37.6 Å². The molecule has 0 aliphatic rings. The van der Waals surface area contributed by atoms with E-state index in [0.29, 0.717) is 0 Å². The first-order chi connectivity index (χ1) is 2.56. The lowest BCUT2D eigenvalue weighted by molar-refractivity contribution is 0.490. The topological polar surface area (TPSA) is 37.3 Å². The maximum absolute atomic E-state index is 10.0. The molecule has 1 radical (unpaired) electrons. The molecule has 0 heterocycles. The number of hydrogen-bond acceptors (Lipinski definition) is 1. The molecule has 1 N–H and O–H groups in total. The van der Waals surface area contributed by atoms with Crippen LogP contribution in [0.3, 0.4) is 0 Å². The molecule has 6 heavy (non-hydrogen) atoms. The summed E-state index contributed by atoms with van der Waals surface area (Å²) in [5, 5.41) is 0. The zero-order chi connectivity index (χ0) is 5.21. The van der Waals surface area contributed by atoms with Crippen molar-refractivity contribution in [3.63, 3.8) is 0 Å². The summed E-state index contributed by atoms with van der Waals surface area (Å²) in [5.41, 5.74) is 0. The van der Waals surface area contributed by atoms with Crippen LogP contribution in [0.4, 0.5) is 0 Å². The molecule has 0 rings (SSSR count). The van der Waals surface area contributed by atoms with Crippen LogP contribution in [-0.2, 0) is 4.57 Å². The van der Waals surface area contributed by atoms with Gasteiger partial charge >= 0.3 is 0 Å². The first-order valence-electron chi connectivity index (χ1n) is 1.72. The van der Waals surface area contributed by atoms with Gasteiger partial charge in [0, 0.05) is 12.8 Å². The maximum Gasteiger partial charge on any atom is 0.200 e. The molecule has 0 bridgehead atoms. The molecule has 0 aliphatic heterocycles. The molecule has 0 aromatic rings. The zero-order valence-corrected chi connectivity index (χ0v) is 4.61. The summed E-state index contributed by atoms with van der Waals surface area (Å²) in [7, 11) is -2.90. The predicted molar refractivity (Wildman–Crippen MR) is 25.7 cm³/mol. The van der Waals surface area contributed by atoms with Gasteiger partial charge in [0.25, 0.3) is 0 Å². The van der Waals surface area contributed by atoms with E-state index in [1.165, 1.54) is 0 Å². The zero-order valence-electron chi connectivity index (χ0n) is 3.72. The Morgan fingerprint density at radius 2 is 2.17 bits per heavy atom. The van der Waals surface area contributed by atoms with E-state index in [1.807, 2.05) is 0 Å². The van der Waals surface area contributed by atoms with Gasteiger partial charge in [0.1, 0.15) is 0 Å². The summed E-state index contributed by atoms with van der Waals surface area (Å²) in [6.45, 7) is 4.63. The van der Waals surface area contributed by atoms with Crippen molar-refractivity contribution in [2.24, 2.45) is 0 Å². The van der Waals surface area contributed by atoms with Crippen molar-refractivity contribution in [1.82, 2.24) is 0 Å². The van der Waals surface area contributed by atoms with Crippen LogP contribution in [0.2, 0.25) is 0 Å². The van der Waals surface area contributed by atoms with Gasteiger partial charge in [-0.05, 0) is 0 Å². The molecule has 0 aliphatic carbocycles. The van der Waals surface area contributed by atoms with E-state index < -0.39 is 7.37 Å². The molecule has 3 heteroatoms. The smallest absolute Gasteiger partial charge is 0.200 e. The van der Waals surface area contributed by atoms with Crippen LogP contribution in [-0.4, -0.2) is 11.1 Å². The third-order valence-corrected chi connectivity index (χ3v) is 1.48. The Bertz CT molecular complexity index is 72.9. The van der Waals surface area contributed by atoms with Crippen molar-refractivity contribution >= 4 is 7.37 Å².